The molecule has 2 bridgehead atoms. The van der Waals surface area contributed by atoms with Crippen molar-refractivity contribution in [2.24, 2.45) is 29.4 Å². The molecule has 0 aliphatic heterocycles. The normalized spacial score (nSPS) is 32.8. The van der Waals surface area contributed by atoms with E-state index in [9.17, 15) is 39.6 Å². The smallest absolute Gasteiger partial charge is 0.255 e. The highest BCUT2D eigenvalue weighted by atomic mass is 16.7. The molecule has 6 aliphatic rings. The molecule has 0 radical (unpaired) electrons. The molecule has 13 nitrogen and oxygen atoms in total. The van der Waals surface area contributed by atoms with Crippen molar-refractivity contribution in [3.8, 4) is 5.75 Å². The van der Waals surface area contributed by atoms with Gasteiger partial charge in [-0.1, -0.05) is 6.07 Å². The van der Waals surface area contributed by atoms with Gasteiger partial charge in [-0.15, -0.1) is 0 Å². The van der Waals surface area contributed by atoms with Gasteiger partial charge in [-0.05, 0) is 88.4 Å². The molecule has 0 saturated heterocycles. The Morgan fingerprint density at radius 2 is 1.80 bits per heavy atom. The highest BCUT2D eigenvalue weighted by Crippen LogP contribution is 2.52. The van der Waals surface area contributed by atoms with Crippen LogP contribution in [0.4, 0.5) is 5.69 Å². The lowest BCUT2D eigenvalue weighted by atomic mass is 9.58. The lowest BCUT2D eigenvalue weighted by molar-refractivity contribution is -0.148. The zero-order valence-corrected chi connectivity index (χ0v) is 24.6. The maximum absolute atomic E-state index is 13.8. The zero-order chi connectivity index (χ0) is 31.7. The third-order valence-corrected chi connectivity index (χ3v) is 10.3. The summed E-state index contributed by atoms with van der Waals surface area (Å²) in [4.78, 5) is 59.3. The second-order valence-corrected chi connectivity index (χ2v) is 13.0. The van der Waals surface area contributed by atoms with Crippen LogP contribution in [0.1, 0.15) is 54.4 Å². The lowest BCUT2D eigenvalue weighted by Crippen LogP contribution is -2.63. The molecule has 3 saturated carbocycles. The number of amides is 2. The minimum Gasteiger partial charge on any atom is -0.510 e. The number of hydrogen-bond donors (Lipinski definition) is 7. The van der Waals surface area contributed by atoms with Gasteiger partial charge in [0.15, 0.2) is 17.1 Å². The van der Waals surface area contributed by atoms with E-state index in [0.717, 1.165) is 19.3 Å². The Labute approximate surface area is 253 Å². The first-order chi connectivity index (χ1) is 20.8. The van der Waals surface area contributed by atoms with Gasteiger partial charge < -0.3 is 31.5 Å². The van der Waals surface area contributed by atoms with Crippen LogP contribution in [0, 0.1) is 23.7 Å². The number of benzene rings is 1. The summed E-state index contributed by atoms with van der Waals surface area (Å²) in [5.41, 5.74) is 4.51. The molecule has 1 aromatic carbocycles. The van der Waals surface area contributed by atoms with Gasteiger partial charge >= 0.3 is 0 Å². The number of Topliss-reactive ketones (excluding diaryl/α,β-unsaturated/α-hetero) is 2. The number of hydroxylamine groups is 1. The summed E-state index contributed by atoms with van der Waals surface area (Å²) < 4.78 is 0. The Morgan fingerprint density at radius 1 is 1.09 bits per heavy atom. The molecule has 8 N–H and O–H groups in total. The molecule has 3 fully saturated rings. The molecule has 44 heavy (non-hydrogen) atoms. The van der Waals surface area contributed by atoms with Gasteiger partial charge in [0.25, 0.3) is 5.91 Å². The number of carbonyl (C=O) groups excluding carboxylic acids is 4. The van der Waals surface area contributed by atoms with E-state index in [0.29, 0.717) is 17.4 Å². The quantitative estimate of drug-likeness (QED) is 0.132. The number of nitrogens with two attached hydrogens (primary N) is 1. The summed E-state index contributed by atoms with van der Waals surface area (Å²) in [6.45, 7) is -0.182. The Morgan fingerprint density at radius 3 is 2.41 bits per heavy atom. The number of aliphatic hydroxyl groups excluding tert-OH is 2. The van der Waals surface area contributed by atoms with Crippen LogP contribution in [-0.2, 0) is 25.6 Å². The van der Waals surface area contributed by atoms with Crippen LogP contribution in [0.5, 0.6) is 5.75 Å². The third-order valence-electron chi connectivity index (χ3n) is 10.3. The molecule has 0 spiro atoms. The monoisotopic (exact) mass is 610 g/mol. The van der Waals surface area contributed by atoms with Crippen LogP contribution < -0.4 is 16.5 Å². The fourth-order valence-electron chi connectivity index (χ4n) is 8.20. The van der Waals surface area contributed by atoms with Crippen molar-refractivity contribution in [3.05, 3.63) is 45.9 Å². The number of fused-ring (bicyclic) bond motifs is 6. The van der Waals surface area contributed by atoms with Gasteiger partial charge in [0.05, 0.1) is 23.4 Å². The largest absolute Gasteiger partial charge is 0.510 e. The molecule has 13 heteroatoms. The van der Waals surface area contributed by atoms with Gasteiger partial charge in [0.1, 0.15) is 23.6 Å². The number of aromatic hydroxyl groups is 1. The molecule has 2 amide bonds. The molecular weight excluding hydrogens is 572 g/mol. The SMILES string of the molecule is CN(C)[C@@H]1C(O)=C(C(N)=O)C(=O)C2(O)C(O)=C3C(=O)c4c(ccc(NC(=O)CNOC5CC6CCC5CC6)c4O)CC3CC12. The van der Waals surface area contributed by atoms with Gasteiger partial charge in [-0.3, -0.25) is 28.9 Å². The van der Waals surface area contributed by atoms with Gasteiger partial charge in [-0.25, -0.2) is 0 Å². The number of primary amides is 1. The van der Waals surface area contributed by atoms with Crippen molar-refractivity contribution >= 4 is 29.1 Å². The number of anilines is 1. The number of allylic oxidation sites excluding steroid dienone is 1. The number of phenolic OH excluding ortho intramolecular Hbond substituents is 1. The van der Waals surface area contributed by atoms with Crippen molar-refractivity contribution in [2.75, 3.05) is 26.0 Å². The van der Waals surface area contributed by atoms with Gasteiger partial charge in [0.2, 0.25) is 11.7 Å². The van der Waals surface area contributed by atoms with Crippen LogP contribution >= 0.6 is 0 Å². The van der Waals surface area contributed by atoms with E-state index in [1.54, 1.807) is 20.2 Å². The Hall–Kier alpha value is -3.78. The molecule has 0 aromatic heterocycles. The van der Waals surface area contributed by atoms with E-state index in [-0.39, 0.29) is 42.3 Å². The molecular formula is C31H38N4O9. The molecule has 1 aromatic rings. The average molecular weight is 611 g/mol. The van der Waals surface area contributed by atoms with Crippen molar-refractivity contribution in [1.82, 2.24) is 10.4 Å². The van der Waals surface area contributed by atoms with Crippen molar-refractivity contribution in [2.45, 2.75) is 62.7 Å². The summed E-state index contributed by atoms with van der Waals surface area (Å²) in [5.74, 6) is -6.61. The van der Waals surface area contributed by atoms with Crippen LogP contribution in [0.2, 0.25) is 0 Å². The maximum Gasteiger partial charge on any atom is 0.255 e. The number of ketones is 2. The standard InChI is InChI=1S/C31H38N4O9/c1-35(2)24-17-11-16-10-15-7-8-18(34-20(36)12-33-44-19-9-13-3-5-14(19)6-4-13)25(37)21(15)26(38)22(16)28(40)31(17,43)29(41)23(27(24)39)30(32)42/h7-8,13-14,16-17,19,24,33,37,39-40,43H,3-6,9-12H2,1-2H3,(H2,32,42)(H,34,36)/t13?,14?,16?,17?,19?,24-,31?/m0/s1. The minimum absolute atomic E-state index is 0.000716. The highest BCUT2D eigenvalue weighted by Gasteiger charge is 2.63. The number of rotatable bonds is 7. The first-order valence-corrected chi connectivity index (χ1v) is 15.0. The predicted molar refractivity (Wildman–Crippen MR) is 155 cm³/mol. The summed E-state index contributed by atoms with van der Waals surface area (Å²) in [6, 6.07) is 2.02. The Balaban J connectivity index is 1.25. The van der Waals surface area contributed by atoms with Crippen molar-refractivity contribution in [1.29, 1.82) is 0 Å². The minimum atomic E-state index is -2.71. The Bertz CT molecular complexity index is 1510. The van der Waals surface area contributed by atoms with E-state index >= 15 is 0 Å². The molecule has 7 rings (SSSR count). The molecule has 4 unspecified atom stereocenters. The number of aliphatic hydroxyl groups is 3. The number of likely N-dealkylation sites (N-methyl/N-ethyl adjacent to an activating group) is 1. The third kappa shape index (κ3) is 4.61. The maximum atomic E-state index is 13.8. The first kappa shape index (κ1) is 30.3. The number of phenols is 1. The lowest BCUT2D eigenvalue weighted by Gasteiger charge is -2.50. The van der Waals surface area contributed by atoms with E-state index in [1.807, 2.05) is 0 Å². The number of hydrogen-bond acceptors (Lipinski definition) is 11. The predicted octanol–water partition coefficient (Wildman–Crippen LogP) is 1.16. The van der Waals surface area contributed by atoms with Crippen LogP contribution in [0.15, 0.2) is 34.8 Å². The molecule has 236 valence electrons. The average Bonchev–Trinajstić information content (AvgIpc) is 2.97. The van der Waals surface area contributed by atoms with Crippen molar-refractivity contribution < 1.29 is 44.4 Å². The van der Waals surface area contributed by atoms with E-state index < -0.39 is 69.7 Å². The molecule has 0 heterocycles. The fourth-order valence-corrected chi connectivity index (χ4v) is 8.20. The van der Waals surface area contributed by atoms with Gasteiger partial charge in [-0.2, -0.15) is 5.48 Å². The van der Waals surface area contributed by atoms with E-state index in [1.165, 1.54) is 23.8 Å². The summed E-state index contributed by atoms with van der Waals surface area (Å²) in [7, 11) is 3.14. The highest BCUT2D eigenvalue weighted by molar-refractivity contribution is 6.25. The van der Waals surface area contributed by atoms with Gasteiger partial charge in [0, 0.05) is 11.5 Å². The summed E-state index contributed by atoms with van der Waals surface area (Å²) in [6.07, 6.45) is 5.88. The van der Waals surface area contributed by atoms with Crippen LogP contribution in [-0.4, -0.2) is 87.1 Å². The number of nitrogens with zero attached hydrogens (tertiary/aromatic N) is 1. The summed E-state index contributed by atoms with van der Waals surface area (Å²) >= 11 is 0. The van der Waals surface area contributed by atoms with E-state index in [2.05, 4.69) is 10.8 Å². The molecule has 6 aliphatic carbocycles. The number of nitrogens with one attached hydrogen (secondary N) is 2. The van der Waals surface area contributed by atoms with Crippen molar-refractivity contribution in [3.63, 3.8) is 0 Å². The Kier molecular flexibility index (Phi) is 7.55. The van der Waals surface area contributed by atoms with E-state index in [4.69, 9.17) is 10.6 Å². The first-order valence-electron chi connectivity index (χ1n) is 15.0. The fraction of sp³-hybridized carbons (Fsp3) is 0.548. The second-order valence-electron chi connectivity index (χ2n) is 13.0. The van der Waals surface area contributed by atoms with Crippen LogP contribution in [0.3, 0.4) is 0 Å². The second kappa shape index (κ2) is 11.0. The topological polar surface area (TPSA) is 212 Å². The molecule has 5 atom stereocenters. The zero-order valence-electron chi connectivity index (χ0n) is 24.6. The summed E-state index contributed by atoms with van der Waals surface area (Å²) in [5, 5.41) is 47.6. The van der Waals surface area contributed by atoms with Crippen LogP contribution in [0.25, 0.3) is 0 Å². The number of carbonyl (C=O) groups is 4.